The molecule has 0 fully saturated rings. The zero-order chi connectivity index (χ0) is 21.0. The van der Waals surface area contributed by atoms with Crippen LogP contribution in [0.15, 0.2) is 47.6 Å². The van der Waals surface area contributed by atoms with Gasteiger partial charge in [-0.2, -0.15) is 0 Å². The summed E-state index contributed by atoms with van der Waals surface area (Å²) in [6, 6.07) is 8.65. The molecule has 0 aromatic heterocycles. The summed E-state index contributed by atoms with van der Waals surface area (Å²) in [5.74, 6) is -1.74. The van der Waals surface area contributed by atoms with Gasteiger partial charge in [-0.15, -0.1) is 0 Å². The standard InChI is InChI=1S/C21H22F3N3O2/c1-13(2)25-21(28)27(11-15-5-8-17(23)9-19(15)24)12-18-10-20(26-29-18)14-3-6-16(22)7-4-14/h3-9,13,18H,10-12H2,1-2H3,(H,25,28). The van der Waals surface area contributed by atoms with Crippen LogP contribution in [-0.4, -0.2) is 35.3 Å². The largest absolute Gasteiger partial charge is 0.390 e. The van der Waals surface area contributed by atoms with E-state index in [2.05, 4.69) is 10.5 Å². The van der Waals surface area contributed by atoms with Gasteiger partial charge in [0.25, 0.3) is 0 Å². The van der Waals surface area contributed by atoms with Crippen molar-refractivity contribution in [2.24, 2.45) is 5.16 Å². The van der Waals surface area contributed by atoms with E-state index in [0.717, 1.165) is 17.7 Å². The van der Waals surface area contributed by atoms with Gasteiger partial charge in [0, 0.05) is 24.1 Å². The summed E-state index contributed by atoms with van der Waals surface area (Å²) in [5, 5.41) is 6.81. The monoisotopic (exact) mass is 405 g/mol. The lowest BCUT2D eigenvalue weighted by Gasteiger charge is -2.26. The summed E-state index contributed by atoms with van der Waals surface area (Å²) in [4.78, 5) is 19.4. The molecule has 2 amide bonds. The maximum absolute atomic E-state index is 14.1. The molecular formula is C21H22F3N3O2. The van der Waals surface area contributed by atoms with Gasteiger partial charge in [0.05, 0.1) is 18.8 Å². The molecule has 0 bridgehead atoms. The summed E-state index contributed by atoms with van der Waals surface area (Å²) >= 11 is 0. The number of urea groups is 1. The molecule has 0 aliphatic carbocycles. The van der Waals surface area contributed by atoms with E-state index in [1.807, 2.05) is 13.8 Å². The minimum absolute atomic E-state index is 0.0452. The molecule has 0 saturated carbocycles. The first-order valence-electron chi connectivity index (χ1n) is 9.30. The molecule has 1 aliphatic heterocycles. The van der Waals surface area contributed by atoms with Crippen molar-refractivity contribution in [3.63, 3.8) is 0 Å². The molecule has 0 spiro atoms. The molecule has 1 aliphatic rings. The summed E-state index contributed by atoms with van der Waals surface area (Å²) < 4.78 is 40.4. The van der Waals surface area contributed by atoms with Crippen molar-refractivity contribution in [3.8, 4) is 0 Å². The normalized spacial score (nSPS) is 15.8. The molecule has 0 saturated heterocycles. The Kier molecular flexibility index (Phi) is 6.41. The fourth-order valence-corrected chi connectivity index (χ4v) is 3.00. The van der Waals surface area contributed by atoms with E-state index in [0.29, 0.717) is 12.1 Å². The Labute approximate surface area is 167 Å². The van der Waals surface area contributed by atoms with Crippen molar-refractivity contribution in [3.05, 3.63) is 71.0 Å². The molecule has 3 rings (SSSR count). The highest BCUT2D eigenvalue weighted by atomic mass is 19.1. The van der Waals surface area contributed by atoms with Gasteiger partial charge in [0.15, 0.2) is 6.10 Å². The number of nitrogens with one attached hydrogen (secondary N) is 1. The fourth-order valence-electron chi connectivity index (χ4n) is 3.00. The number of oxime groups is 1. The van der Waals surface area contributed by atoms with Gasteiger partial charge in [-0.1, -0.05) is 23.4 Å². The Morgan fingerprint density at radius 2 is 1.86 bits per heavy atom. The summed E-state index contributed by atoms with van der Waals surface area (Å²) in [6.45, 7) is 3.74. The Bertz CT molecular complexity index is 901. The number of amides is 2. The number of carbonyl (C=O) groups is 1. The zero-order valence-corrected chi connectivity index (χ0v) is 16.2. The molecule has 2 aromatic rings. The van der Waals surface area contributed by atoms with Crippen LogP contribution in [0.2, 0.25) is 0 Å². The Balaban J connectivity index is 1.70. The van der Waals surface area contributed by atoms with Crippen LogP contribution in [0.4, 0.5) is 18.0 Å². The molecule has 2 aromatic carbocycles. The third kappa shape index (κ3) is 5.49. The summed E-state index contributed by atoms with van der Waals surface area (Å²) in [5.41, 5.74) is 1.58. The van der Waals surface area contributed by atoms with E-state index < -0.39 is 17.7 Å². The Morgan fingerprint density at radius 3 is 2.52 bits per heavy atom. The number of benzene rings is 2. The van der Waals surface area contributed by atoms with Crippen LogP contribution in [0.1, 0.15) is 31.4 Å². The quantitative estimate of drug-likeness (QED) is 0.783. The zero-order valence-electron chi connectivity index (χ0n) is 16.2. The minimum Gasteiger partial charge on any atom is -0.390 e. The second-order valence-corrected chi connectivity index (χ2v) is 7.20. The van der Waals surface area contributed by atoms with Gasteiger partial charge in [-0.05, 0) is 37.6 Å². The third-order valence-corrected chi connectivity index (χ3v) is 4.41. The number of rotatable bonds is 6. The molecule has 1 unspecified atom stereocenters. The lowest BCUT2D eigenvalue weighted by atomic mass is 10.0. The number of hydrogen-bond donors (Lipinski definition) is 1. The summed E-state index contributed by atoms with van der Waals surface area (Å²) in [6.07, 6.45) is -0.0142. The smallest absolute Gasteiger partial charge is 0.318 e. The van der Waals surface area contributed by atoms with Crippen LogP contribution >= 0.6 is 0 Å². The van der Waals surface area contributed by atoms with Crippen molar-refractivity contribution in [1.29, 1.82) is 0 Å². The predicted molar refractivity (Wildman–Crippen MR) is 103 cm³/mol. The Morgan fingerprint density at radius 1 is 1.17 bits per heavy atom. The number of hydrogen-bond acceptors (Lipinski definition) is 3. The second kappa shape index (κ2) is 8.98. The highest BCUT2D eigenvalue weighted by Crippen LogP contribution is 2.20. The van der Waals surface area contributed by atoms with Crippen LogP contribution in [-0.2, 0) is 11.4 Å². The van der Waals surface area contributed by atoms with Crippen molar-refractivity contribution >= 4 is 11.7 Å². The van der Waals surface area contributed by atoms with Crippen LogP contribution < -0.4 is 5.32 Å². The highest BCUT2D eigenvalue weighted by Gasteiger charge is 2.27. The van der Waals surface area contributed by atoms with Gasteiger partial charge in [-0.25, -0.2) is 18.0 Å². The lowest BCUT2D eigenvalue weighted by molar-refractivity contribution is 0.0584. The topological polar surface area (TPSA) is 53.9 Å². The fraction of sp³-hybridized carbons (Fsp3) is 0.333. The van der Waals surface area contributed by atoms with E-state index in [1.54, 1.807) is 12.1 Å². The van der Waals surface area contributed by atoms with E-state index >= 15 is 0 Å². The lowest BCUT2D eigenvalue weighted by Crippen LogP contribution is -2.45. The van der Waals surface area contributed by atoms with Crippen LogP contribution in [0.5, 0.6) is 0 Å². The molecule has 5 nitrogen and oxygen atoms in total. The van der Waals surface area contributed by atoms with Crippen molar-refractivity contribution in [2.45, 2.75) is 39.0 Å². The molecule has 0 radical (unpaired) electrons. The van der Waals surface area contributed by atoms with Gasteiger partial charge in [0.2, 0.25) is 0 Å². The highest BCUT2D eigenvalue weighted by molar-refractivity contribution is 6.01. The summed E-state index contributed by atoms with van der Waals surface area (Å²) in [7, 11) is 0. The predicted octanol–water partition coefficient (Wildman–Crippen LogP) is 4.22. The van der Waals surface area contributed by atoms with Crippen molar-refractivity contribution < 1.29 is 22.8 Å². The van der Waals surface area contributed by atoms with Crippen molar-refractivity contribution in [2.75, 3.05) is 6.54 Å². The van der Waals surface area contributed by atoms with E-state index in [-0.39, 0.29) is 36.5 Å². The number of nitrogens with zero attached hydrogens (tertiary/aromatic N) is 2. The first-order valence-corrected chi connectivity index (χ1v) is 9.30. The average molecular weight is 405 g/mol. The SMILES string of the molecule is CC(C)NC(=O)N(Cc1ccc(F)cc1F)CC1CC(c2ccc(F)cc2)=NO1. The van der Waals surface area contributed by atoms with Gasteiger partial charge >= 0.3 is 6.03 Å². The van der Waals surface area contributed by atoms with Gasteiger partial charge in [0.1, 0.15) is 17.5 Å². The molecule has 1 atom stereocenters. The second-order valence-electron chi connectivity index (χ2n) is 7.20. The van der Waals surface area contributed by atoms with Gasteiger partial charge < -0.3 is 15.1 Å². The first-order chi connectivity index (χ1) is 13.8. The van der Waals surface area contributed by atoms with Crippen molar-refractivity contribution in [1.82, 2.24) is 10.2 Å². The molecule has 8 heteroatoms. The van der Waals surface area contributed by atoms with E-state index in [9.17, 15) is 18.0 Å². The Hall–Kier alpha value is -3.03. The molecule has 1 N–H and O–H groups in total. The maximum Gasteiger partial charge on any atom is 0.318 e. The molecular weight excluding hydrogens is 383 g/mol. The maximum atomic E-state index is 14.1. The van der Waals surface area contributed by atoms with E-state index in [4.69, 9.17) is 4.84 Å². The number of carbonyl (C=O) groups excluding carboxylic acids is 1. The van der Waals surface area contributed by atoms with Gasteiger partial charge in [-0.3, -0.25) is 0 Å². The molecule has 29 heavy (non-hydrogen) atoms. The first kappa shape index (κ1) is 20.7. The molecule has 154 valence electrons. The number of halogens is 3. The third-order valence-electron chi connectivity index (χ3n) is 4.41. The average Bonchev–Trinajstić information content (AvgIpc) is 3.12. The van der Waals surface area contributed by atoms with Crippen LogP contribution in [0, 0.1) is 17.5 Å². The van der Waals surface area contributed by atoms with E-state index in [1.165, 1.54) is 23.1 Å². The van der Waals surface area contributed by atoms with Crippen LogP contribution in [0.3, 0.4) is 0 Å². The minimum atomic E-state index is -0.720. The molecule has 1 heterocycles. The van der Waals surface area contributed by atoms with Crippen LogP contribution in [0.25, 0.3) is 0 Å².